The number of fused-ring (bicyclic) bond motifs is 11. The second-order valence-electron chi connectivity index (χ2n) is 16.3. The van der Waals surface area contributed by atoms with Crippen molar-refractivity contribution >= 4 is 64.6 Å². The molecule has 64 heavy (non-hydrogen) atoms. The Morgan fingerprint density at radius 3 is 1.19 bits per heavy atom. The van der Waals surface area contributed by atoms with E-state index in [0.717, 1.165) is 50.3 Å². The largest absolute Gasteiger partial charge is 0.256 e. The second-order valence-corrected chi connectivity index (χ2v) is 16.3. The summed E-state index contributed by atoms with van der Waals surface area (Å²) in [6.07, 6.45) is 1.83. The summed E-state index contributed by atoms with van der Waals surface area (Å²) < 4.78 is 0. The normalized spacial score (nSPS) is 11.4. The number of aromatic nitrogens is 3. The average Bonchev–Trinajstić information content (AvgIpc) is 3.38. The Labute approximate surface area is 371 Å². The standard InChI is InChI=1S/C61H39N3/c1-2-16-46-40(14-1)15-13-25-47(46)41-27-29-43(30-28-41)59-39-60(64-61(63-59)44-33-31-42(32-34-44)58-26-11-12-37-62-58)45-35-36-56-54-23-8-7-21-52(54)50-19-4-3-17-48(50)49-18-5-6-20-51(49)53-22-9-10-24-55(53)57(56)38-45/h1-39H. The van der Waals surface area contributed by atoms with Crippen molar-refractivity contribution in [2.24, 2.45) is 0 Å². The monoisotopic (exact) mass is 813 g/mol. The van der Waals surface area contributed by atoms with E-state index in [1.807, 2.05) is 24.4 Å². The molecular formula is C61H39N3. The topological polar surface area (TPSA) is 38.7 Å². The van der Waals surface area contributed by atoms with Crippen LogP contribution in [-0.2, 0) is 0 Å². The summed E-state index contributed by atoms with van der Waals surface area (Å²) in [6.45, 7) is 0. The Morgan fingerprint density at radius 2 is 0.641 bits per heavy atom. The third kappa shape index (κ3) is 6.59. The lowest BCUT2D eigenvalue weighted by Gasteiger charge is -2.13. The summed E-state index contributed by atoms with van der Waals surface area (Å²) in [5.74, 6) is 0.662. The van der Waals surface area contributed by atoms with Gasteiger partial charge in [0.2, 0.25) is 0 Å². The second kappa shape index (κ2) is 15.7. The van der Waals surface area contributed by atoms with E-state index >= 15 is 0 Å². The van der Waals surface area contributed by atoms with Gasteiger partial charge in [0.25, 0.3) is 0 Å². The van der Waals surface area contributed by atoms with Crippen LogP contribution >= 0.6 is 0 Å². The van der Waals surface area contributed by atoms with Gasteiger partial charge >= 0.3 is 0 Å². The maximum atomic E-state index is 5.36. The molecule has 298 valence electrons. The Morgan fingerprint density at radius 1 is 0.234 bits per heavy atom. The quantitative estimate of drug-likeness (QED) is 0.174. The molecule has 0 aliphatic rings. The molecular weight excluding hydrogens is 775 g/mol. The highest BCUT2D eigenvalue weighted by Gasteiger charge is 2.15. The van der Waals surface area contributed by atoms with Crippen molar-refractivity contribution in [1.29, 1.82) is 0 Å². The molecule has 12 rings (SSSR count). The van der Waals surface area contributed by atoms with Gasteiger partial charge in [-0.3, -0.25) is 4.98 Å². The average molecular weight is 814 g/mol. The SMILES string of the molecule is c1ccc(-c2ccc(-c3nc(-c4ccc(-c5cccc6ccccc56)cc4)cc(-c4ccc5c6ccccc6c6ccccc6c6ccccc6c6ccccc6c5c4)n3)cc2)nc1. The van der Waals surface area contributed by atoms with Gasteiger partial charge < -0.3 is 0 Å². The van der Waals surface area contributed by atoms with Gasteiger partial charge in [-0.2, -0.15) is 0 Å². The van der Waals surface area contributed by atoms with Crippen molar-refractivity contribution in [2.75, 3.05) is 0 Å². The summed E-state index contributed by atoms with van der Waals surface area (Å²) in [4.78, 5) is 15.2. The van der Waals surface area contributed by atoms with Crippen LogP contribution in [0.1, 0.15) is 0 Å². The van der Waals surface area contributed by atoms with Gasteiger partial charge in [0.15, 0.2) is 5.82 Å². The zero-order chi connectivity index (χ0) is 42.4. The summed E-state index contributed by atoms with van der Waals surface area (Å²) in [7, 11) is 0. The predicted molar refractivity (Wildman–Crippen MR) is 270 cm³/mol. The van der Waals surface area contributed by atoms with Gasteiger partial charge in [0.05, 0.1) is 17.1 Å². The van der Waals surface area contributed by atoms with Gasteiger partial charge in [-0.05, 0) is 100 Å². The highest BCUT2D eigenvalue weighted by molar-refractivity contribution is 6.26. The van der Waals surface area contributed by atoms with Gasteiger partial charge in [-0.15, -0.1) is 0 Å². The third-order valence-corrected chi connectivity index (χ3v) is 12.6. The van der Waals surface area contributed by atoms with Crippen LogP contribution in [0.15, 0.2) is 237 Å². The molecule has 0 fully saturated rings. The minimum absolute atomic E-state index is 0.662. The van der Waals surface area contributed by atoms with E-state index < -0.39 is 0 Å². The van der Waals surface area contributed by atoms with Crippen molar-refractivity contribution in [3.8, 4) is 56.3 Å². The first-order chi connectivity index (χ1) is 31.7. The first-order valence-electron chi connectivity index (χ1n) is 21.8. The van der Waals surface area contributed by atoms with E-state index in [9.17, 15) is 0 Å². The molecule has 0 radical (unpaired) electrons. The molecule has 0 saturated heterocycles. The fraction of sp³-hybridized carbons (Fsp3) is 0. The van der Waals surface area contributed by atoms with Crippen molar-refractivity contribution in [2.45, 2.75) is 0 Å². The Bertz CT molecular complexity index is 3740. The van der Waals surface area contributed by atoms with Gasteiger partial charge in [-0.25, -0.2) is 9.97 Å². The van der Waals surface area contributed by atoms with Gasteiger partial charge in [0, 0.05) is 28.5 Å². The maximum absolute atomic E-state index is 5.36. The lowest BCUT2D eigenvalue weighted by molar-refractivity contribution is 1.18. The van der Waals surface area contributed by atoms with Crippen LogP contribution in [0.4, 0.5) is 0 Å². The molecule has 0 amide bonds. The molecule has 0 saturated carbocycles. The molecule has 3 nitrogen and oxygen atoms in total. The fourth-order valence-corrected chi connectivity index (χ4v) is 9.47. The summed E-state index contributed by atoms with van der Waals surface area (Å²) in [5, 5.41) is 14.4. The highest BCUT2D eigenvalue weighted by Crippen LogP contribution is 2.38. The minimum atomic E-state index is 0.662. The van der Waals surface area contributed by atoms with Crippen LogP contribution in [-0.4, -0.2) is 15.0 Å². The van der Waals surface area contributed by atoms with Gasteiger partial charge in [0.1, 0.15) is 0 Å². The van der Waals surface area contributed by atoms with E-state index in [1.54, 1.807) is 0 Å². The molecule has 0 N–H and O–H groups in total. The molecule has 0 unspecified atom stereocenters. The molecule has 12 aromatic rings. The number of nitrogens with zero attached hydrogens (tertiary/aromatic N) is 3. The van der Waals surface area contributed by atoms with Crippen LogP contribution in [0.2, 0.25) is 0 Å². The molecule has 0 spiro atoms. The van der Waals surface area contributed by atoms with E-state index in [2.05, 4.69) is 217 Å². The Kier molecular flexibility index (Phi) is 9.16. The Balaban J connectivity index is 1.10. The number of benzene rings is 9. The van der Waals surface area contributed by atoms with E-state index in [4.69, 9.17) is 9.97 Å². The van der Waals surface area contributed by atoms with E-state index in [-0.39, 0.29) is 0 Å². The van der Waals surface area contributed by atoms with Crippen molar-refractivity contribution in [1.82, 2.24) is 15.0 Å². The maximum Gasteiger partial charge on any atom is 0.160 e. The number of hydrogen-bond acceptors (Lipinski definition) is 3. The van der Waals surface area contributed by atoms with Crippen molar-refractivity contribution in [3.63, 3.8) is 0 Å². The lowest BCUT2D eigenvalue weighted by atomic mass is 9.93. The zero-order valence-electron chi connectivity index (χ0n) is 34.9. The van der Waals surface area contributed by atoms with E-state index in [0.29, 0.717) is 5.82 Å². The molecule has 2 aromatic heterocycles. The molecule has 10 aromatic carbocycles. The Hall–Kier alpha value is -8.53. The van der Waals surface area contributed by atoms with Crippen LogP contribution in [0, 0.1) is 0 Å². The molecule has 0 atom stereocenters. The van der Waals surface area contributed by atoms with Crippen LogP contribution < -0.4 is 0 Å². The first-order valence-corrected chi connectivity index (χ1v) is 21.8. The summed E-state index contributed by atoms with van der Waals surface area (Å²) >= 11 is 0. The molecule has 0 bridgehead atoms. The van der Waals surface area contributed by atoms with E-state index in [1.165, 1.54) is 64.8 Å². The predicted octanol–water partition coefficient (Wildman–Crippen LogP) is 16.3. The lowest BCUT2D eigenvalue weighted by Crippen LogP contribution is -1.96. The van der Waals surface area contributed by atoms with Crippen molar-refractivity contribution in [3.05, 3.63) is 237 Å². The fourth-order valence-electron chi connectivity index (χ4n) is 9.47. The number of rotatable bonds is 5. The molecule has 0 aliphatic heterocycles. The summed E-state index contributed by atoms with van der Waals surface area (Å²) in [6, 6.07) is 82.5. The third-order valence-electron chi connectivity index (χ3n) is 12.6. The van der Waals surface area contributed by atoms with Crippen molar-refractivity contribution < 1.29 is 0 Å². The first kappa shape index (κ1) is 37.2. The minimum Gasteiger partial charge on any atom is -0.256 e. The molecule has 3 heteroatoms. The molecule has 2 heterocycles. The zero-order valence-corrected chi connectivity index (χ0v) is 34.9. The van der Waals surface area contributed by atoms with Crippen LogP contribution in [0.25, 0.3) is 121 Å². The highest BCUT2D eigenvalue weighted by atomic mass is 14.9. The number of pyridine rings is 1. The van der Waals surface area contributed by atoms with Crippen LogP contribution in [0.5, 0.6) is 0 Å². The smallest absolute Gasteiger partial charge is 0.160 e. The van der Waals surface area contributed by atoms with Crippen LogP contribution in [0.3, 0.4) is 0 Å². The number of hydrogen-bond donors (Lipinski definition) is 0. The van der Waals surface area contributed by atoms with Gasteiger partial charge in [-0.1, -0.05) is 206 Å². The summed E-state index contributed by atoms with van der Waals surface area (Å²) in [5.41, 5.74) is 9.02. The molecule has 0 aliphatic carbocycles.